The highest BCUT2D eigenvalue weighted by Crippen LogP contribution is 2.33. The topological polar surface area (TPSA) is 38.1 Å². The van der Waals surface area contributed by atoms with E-state index in [1.807, 2.05) is 17.9 Å². The monoisotopic (exact) mass is 371 g/mol. The van der Waals surface area contributed by atoms with Gasteiger partial charge in [0.1, 0.15) is 10.6 Å². The first kappa shape index (κ1) is 17.2. The summed E-state index contributed by atoms with van der Waals surface area (Å²) in [6, 6.07) is 8.76. The standard InChI is InChI=1S/C20H22FN3OS/c1-12-5-4-6-13(2)23(12)19(25)18-11-17-14(3)22-24(20(17)26-18)16-9-7-15(21)8-10-16/h7-13H,4-6H2,1-3H3. The van der Waals surface area contributed by atoms with Gasteiger partial charge in [0, 0.05) is 17.5 Å². The van der Waals surface area contributed by atoms with Crippen LogP contribution in [0.25, 0.3) is 15.9 Å². The van der Waals surface area contributed by atoms with Crippen LogP contribution in [-0.2, 0) is 0 Å². The number of thiophene rings is 1. The molecule has 0 spiro atoms. The summed E-state index contributed by atoms with van der Waals surface area (Å²) in [5.74, 6) is -0.167. The van der Waals surface area contributed by atoms with Gasteiger partial charge in [-0.1, -0.05) is 0 Å². The Bertz CT molecular complexity index is 950. The fraction of sp³-hybridized carbons (Fsp3) is 0.400. The molecule has 1 saturated heterocycles. The zero-order valence-electron chi connectivity index (χ0n) is 15.2. The molecule has 0 bridgehead atoms. The number of halogens is 1. The zero-order chi connectivity index (χ0) is 18.4. The highest BCUT2D eigenvalue weighted by Gasteiger charge is 2.31. The van der Waals surface area contributed by atoms with Crippen LogP contribution in [0.1, 0.15) is 48.5 Å². The molecule has 1 amide bonds. The van der Waals surface area contributed by atoms with Crippen molar-refractivity contribution in [1.82, 2.24) is 14.7 Å². The first-order valence-corrected chi connectivity index (χ1v) is 9.85. The van der Waals surface area contributed by atoms with Gasteiger partial charge in [-0.05, 0) is 70.4 Å². The number of carbonyl (C=O) groups excluding carboxylic acids is 1. The third-order valence-corrected chi connectivity index (χ3v) is 6.35. The van der Waals surface area contributed by atoms with E-state index in [2.05, 4.69) is 18.9 Å². The van der Waals surface area contributed by atoms with Gasteiger partial charge in [0.2, 0.25) is 0 Å². The lowest BCUT2D eigenvalue weighted by Crippen LogP contribution is -2.47. The Labute approximate surface area is 156 Å². The van der Waals surface area contributed by atoms with E-state index < -0.39 is 0 Å². The minimum absolute atomic E-state index is 0.107. The summed E-state index contributed by atoms with van der Waals surface area (Å²) < 4.78 is 15.0. The van der Waals surface area contributed by atoms with Crippen molar-refractivity contribution in [3.05, 3.63) is 46.7 Å². The van der Waals surface area contributed by atoms with E-state index in [0.29, 0.717) is 0 Å². The molecule has 1 fully saturated rings. The maximum Gasteiger partial charge on any atom is 0.264 e. The van der Waals surface area contributed by atoms with Crippen molar-refractivity contribution in [2.24, 2.45) is 0 Å². The lowest BCUT2D eigenvalue weighted by molar-refractivity contribution is 0.0516. The number of aromatic nitrogens is 2. The quantitative estimate of drug-likeness (QED) is 0.640. The molecule has 4 nitrogen and oxygen atoms in total. The van der Waals surface area contributed by atoms with Crippen LogP contribution in [0.15, 0.2) is 30.3 Å². The second-order valence-corrected chi connectivity index (χ2v) is 8.18. The number of hydrogen-bond acceptors (Lipinski definition) is 3. The molecule has 2 aromatic heterocycles. The summed E-state index contributed by atoms with van der Waals surface area (Å²) in [4.78, 5) is 16.8. The van der Waals surface area contributed by atoms with Crippen molar-refractivity contribution in [1.29, 1.82) is 0 Å². The van der Waals surface area contributed by atoms with E-state index in [1.165, 1.54) is 29.9 Å². The lowest BCUT2D eigenvalue weighted by atomic mass is 9.97. The average molecular weight is 371 g/mol. The number of rotatable bonds is 2. The fourth-order valence-electron chi connectivity index (χ4n) is 3.86. The molecule has 0 saturated carbocycles. The zero-order valence-corrected chi connectivity index (χ0v) is 16.0. The summed E-state index contributed by atoms with van der Waals surface area (Å²) in [6.07, 6.45) is 3.30. The third kappa shape index (κ3) is 2.82. The predicted octanol–water partition coefficient (Wildman–Crippen LogP) is 4.94. The summed E-state index contributed by atoms with van der Waals surface area (Å²) >= 11 is 1.47. The average Bonchev–Trinajstić information content (AvgIpc) is 3.16. The van der Waals surface area contributed by atoms with Gasteiger partial charge in [0.15, 0.2) is 0 Å². The van der Waals surface area contributed by atoms with Gasteiger partial charge in [-0.2, -0.15) is 5.10 Å². The Hall–Kier alpha value is -2.21. The molecule has 136 valence electrons. The Morgan fingerprint density at radius 3 is 2.50 bits per heavy atom. The van der Waals surface area contributed by atoms with Crippen LogP contribution in [0.4, 0.5) is 4.39 Å². The molecule has 1 aromatic carbocycles. The number of aryl methyl sites for hydroxylation is 1. The summed E-state index contributed by atoms with van der Waals surface area (Å²) in [7, 11) is 0. The van der Waals surface area contributed by atoms with Gasteiger partial charge in [-0.25, -0.2) is 9.07 Å². The molecule has 4 rings (SSSR count). The van der Waals surface area contributed by atoms with Gasteiger partial charge in [-0.3, -0.25) is 4.79 Å². The van der Waals surface area contributed by atoms with E-state index in [9.17, 15) is 9.18 Å². The molecule has 0 aliphatic carbocycles. The maximum absolute atomic E-state index is 13.2. The van der Waals surface area contributed by atoms with Gasteiger partial charge in [0.05, 0.1) is 16.3 Å². The van der Waals surface area contributed by atoms with Crippen molar-refractivity contribution in [2.45, 2.75) is 52.1 Å². The van der Waals surface area contributed by atoms with Crippen molar-refractivity contribution < 1.29 is 9.18 Å². The Kier molecular flexibility index (Phi) is 4.31. The lowest BCUT2D eigenvalue weighted by Gasteiger charge is -2.38. The van der Waals surface area contributed by atoms with Crippen molar-refractivity contribution in [3.63, 3.8) is 0 Å². The SMILES string of the molecule is Cc1nn(-c2ccc(F)cc2)c2sc(C(=O)N3C(C)CCCC3C)cc12. The molecular weight excluding hydrogens is 349 g/mol. The number of nitrogens with zero attached hydrogens (tertiary/aromatic N) is 3. The molecule has 1 aliphatic rings. The predicted molar refractivity (Wildman–Crippen MR) is 103 cm³/mol. The van der Waals surface area contributed by atoms with Gasteiger partial charge >= 0.3 is 0 Å². The molecule has 6 heteroatoms. The molecule has 26 heavy (non-hydrogen) atoms. The Morgan fingerprint density at radius 2 is 1.85 bits per heavy atom. The minimum Gasteiger partial charge on any atom is -0.333 e. The summed E-state index contributed by atoms with van der Waals surface area (Å²) in [6.45, 7) is 6.20. The number of carbonyl (C=O) groups is 1. The van der Waals surface area contributed by atoms with Gasteiger partial charge in [-0.15, -0.1) is 11.3 Å². The second kappa shape index (κ2) is 6.50. The third-order valence-electron chi connectivity index (χ3n) is 5.25. The highest BCUT2D eigenvalue weighted by atomic mass is 32.1. The van der Waals surface area contributed by atoms with E-state index >= 15 is 0 Å². The van der Waals surface area contributed by atoms with Crippen LogP contribution >= 0.6 is 11.3 Å². The van der Waals surface area contributed by atoms with Crippen LogP contribution in [0.2, 0.25) is 0 Å². The highest BCUT2D eigenvalue weighted by molar-refractivity contribution is 7.20. The van der Waals surface area contributed by atoms with Crippen LogP contribution < -0.4 is 0 Å². The van der Waals surface area contributed by atoms with E-state index in [4.69, 9.17) is 0 Å². The van der Waals surface area contributed by atoms with E-state index in [0.717, 1.165) is 39.3 Å². The first-order valence-electron chi connectivity index (χ1n) is 9.03. The second-order valence-electron chi connectivity index (χ2n) is 7.14. The van der Waals surface area contributed by atoms with Crippen molar-refractivity contribution >= 4 is 27.5 Å². The van der Waals surface area contributed by atoms with E-state index in [-0.39, 0.29) is 23.8 Å². The summed E-state index contributed by atoms with van der Waals surface area (Å²) in [5.41, 5.74) is 1.67. The van der Waals surface area contributed by atoms with Gasteiger partial charge < -0.3 is 4.90 Å². The number of piperidine rings is 1. The van der Waals surface area contributed by atoms with Crippen LogP contribution in [-0.4, -0.2) is 32.7 Å². The van der Waals surface area contributed by atoms with Crippen LogP contribution in [0, 0.1) is 12.7 Å². The summed E-state index contributed by atoms with van der Waals surface area (Å²) in [5, 5.41) is 5.56. The molecule has 2 atom stereocenters. The maximum atomic E-state index is 13.2. The Morgan fingerprint density at radius 1 is 1.19 bits per heavy atom. The van der Waals surface area contributed by atoms with Crippen molar-refractivity contribution in [2.75, 3.05) is 0 Å². The van der Waals surface area contributed by atoms with Gasteiger partial charge in [0.25, 0.3) is 5.91 Å². The number of likely N-dealkylation sites (tertiary alicyclic amines) is 1. The van der Waals surface area contributed by atoms with Crippen LogP contribution in [0.3, 0.4) is 0 Å². The van der Waals surface area contributed by atoms with E-state index in [1.54, 1.807) is 16.8 Å². The minimum atomic E-state index is -0.274. The van der Waals surface area contributed by atoms with Crippen molar-refractivity contribution in [3.8, 4) is 5.69 Å². The largest absolute Gasteiger partial charge is 0.333 e. The normalized spacial score (nSPS) is 20.7. The molecule has 3 aromatic rings. The number of hydrogen-bond donors (Lipinski definition) is 0. The molecule has 1 aliphatic heterocycles. The molecule has 2 unspecified atom stereocenters. The molecule has 0 radical (unpaired) electrons. The number of benzene rings is 1. The van der Waals surface area contributed by atoms with Crippen LogP contribution in [0.5, 0.6) is 0 Å². The Balaban J connectivity index is 1.75. The molecular formula is C20H22FN3OS. The molecule has 0 N–H and O–H groups in total. The number of amides is 1. The number of fused-ring (bicyclic) bond motifs is 1. The molecule has 3 heterocycles. The fourth-order valence-corrected chi connectivity index (χ4v) is 4.99. The first-order chi connectivity index (χ1) is 12.5. The smallest absolute Gasteiger partial charge is 0.264 e.